The maximum absolute atomic E-state index is 13.2. The quantitative estimate of drug-likeness (QED) is 0.718. The van der Waals surface area contributed by atoms with Crippen molar-refractivity contribution in [2.45, 2.75) is 31.2 Å². The van der Waals surface area contributed by atoms with Crippen molar-refractivity contribution in [3.63, 3.8) is 0 Å². The van der Waals surface area contributed by atoms with Crippen molar-refractivity contribution in [2.24, 2.45) is 0 Å². The Labute approximate surface area is 145 Å². The third kappa shape index (κ3) is 2.22. The van der Waals surface area contributed by atoms with Gasteiger partial charge in [-0.05, 0) is 60.7 Å². The van der Waals surface area contributed by atoms with E-state index in [0.29, 0.717) is 17.2 Å². The zero-order valence-electron chi connectivity index (χ0n) is 13.8. The van der Waals surface area contributed by atoms with Crippen LogP contribution in [0.15, 0.2) is 42.7 Å². The lowest BCUT2D eigenvalue weighted by molar-refractivity contribution is 0.0595. The van der Waals surface area contributed by atoms with Gasteiger partial charge in [-0.1, -0.05) is 6.07 Å². The summed E-state index contributed by atoms with van der Waals surface area (Å²) in [5.74, 6) is 0.762. The van der Waals surface area contributed by atoms with Gasteiger partial charge in [0.2, 0.25) is 0 Å². The third-order valence-corrected chi connectivity index (χ3v) is 5.66. The summed E-state index contributed by atoms with van der Waals surface area (Å²) in [4.78, 5) is 22.5. The maximum Gasteiger partial charge on any atom is 0.254 e. The Hall–Kier alpha value is -2.82. The smallest absolute Gasteiger partial charge is 0.254 e. The molecule has 0 unspecified atom stereocenters. The van der Waals surface area contributed by atoms with Crippen LogP contribution in [0.5, 0.6) is 5.75 Å². The Bertz CT molecular complexity index is 978. The van der Waals surface area contributed by atoms with E-state index < -0.39 is 0 Å². The predicted octanol–water partition coefficient (Wildman–Crippen LogP) is 3.21. The Kier molecular flexibility index (Phi) is 3.10. The summed E-state index contributed by atoms with van der Waals surface area (Å²) in [5.41, 5.74) is 4.93. The molecule has 1 aliphatic carbocycles. The second-order valence-electron chi connectivity index (χ2n) is 7.04. The number of imidazole rings is 1. The predicted molar refractivity (Wildman–Crippen MR) is 94.7 cm³/mol. The molecular formula is C20H19N3O2. The molecule has 5 nitrogen and oxygen atoms in total. The average molecular weight is 333 g/mol. The van der Waals surface area contributed by atoms with Crippen molar-refractivity contribution < 1.29 is 9.90 Å². The molecule has 1 aromatic heterocycles. The number of phenols is 1. The Morgan fingerprint density at radius 1 is 1.24 bits per heavy atom. The number of amides is 1. The molecule has 0 saturated carbocycles. The second kappa shape index (κ2) is 5.34. The SMILES string of the molecule is O=C(c1ccc2[nH]cnc2c1)N1CCC[C@H]2c3ccc(O)cc3C[C@H]21. The molecule has 1 fully saturated rings. The summed E-state index contributed by atoms with van der Waals surface area (Å²) >= 11 is 0. The molecule has 2 atom stereocenters. The molecule has 126 valence electrons. The maximum atomic E-state index is 13.2. The van der Waals surface area contributed by atoms with Gasteiger partial charge < -0.3 is 15.0 Å². The Morgan fingerprint density at radius 2 is 2.16 bits per heavy atom. The fraction of sp³-hybridized carbons (Fsp3) is 0.300. The second-order valence-corrected chi connectivity index (χ2v) is 7.04. The van der Waals surface area contributed by atoms with Crippen LogP contribution in [0.4, 0.5) is 0 Å². The van der Waals surface area contributed by atoms with Crippen molar-refractivity contribution in [3.05, 3.63) is 59.4 Å². The number of hydrogen-bond donors (Lipinski definition) is 2. The Balaban J connectivity index is 1.48. The number of rotatable bonds is 1. The normalized spacial score (nSPS) is 22.0. The van der Waals surface area contributed by atoms with Gasteiger partial charge in [-0.25, -0.2) is 4.98 Å². The van der Waals surface area contributed by atoms with E-state index in [1.165, 1.54) is 11.1 Å². The summed E-state index contributed by atoms with van der Waals surface area (Å²) in [6.07, 6.45) is 4.59. The molecule has 2 aromatic carbocycles. The molecule has 25 heavy (non-hydrogen) atoms. The molecular weight excluding hydrogens is 314 g/mol. The molecule has 1 aliphatic heterocycles. The van der Waals surface area contributed by atoms with E-state index in [4.69, 9.17) is 0 Å². The number of carbonyl (C=O) groups excluding carboxylic acids is 1. The molecule has 2 heterocycles. The minimum atomic E-state index is 0.0802. The first-order valence-electron chi connectivity index (χ1n) is 8.76. The van der Waals surface area contributed by atoms with Crippen LogP contribution in [0, 0.1) is 0 Å². The minimum Gasteiger partial charge on any atom is -0.508 e. The van der Waals surface area contributed by atoms with E-state index in [1.54, 1.807) is 12.4 Å². The van der Waals surface area contributed by atoms with Crippen LogP contribution in [-0.4, -0.2) is 38.5 Å². The Morgan fingerprint density at radius 3 is 3.08 bits per heavy atom. The number of aromatic amines is 1. The number of nitrogens with zero attached hydrogens (tertiary/aromatic N) is 2. The van der Waals surface area contributed by atoms with Crippen molar-refractivity contribution >= 4 is 16.9 Å². The minimum absolute atomic E-state index is 0.0802. The number of benzene rings is 2. The third-order valence-electron chi connectivity index (χ3n) is 5.66. The number of likely N-dealkylation sites (tertiary alicyclic amines) is 1. The van der Waals surface area contributed by atoms with Gasteiger partial charge in [-0.2, -0.15) is 0 Å². The molecule has 5 heteroatoms. The summed E-state index contributed by atoms with van der Waals surface area (Å²) in [6, 6.07) is 11.5. The number of aromatic nitrogens is 2. The molecule has 3 aromatic rings. The van der Waals surface area contributed by atoms with Crippen molar-refractivity contribution in [2.75, 3.05) is 6.54 Å². The molecule has 0 spiro atoms. The topological polar surface area (TPSA) is 69.2 Å². The molecule has 5 rings (SSSR count). The van der Waals surface area contributed by atoms with E-state index in [0.717, 1.165) is 36.8 Å². The van der Waals surface area contributed by atoms with E-state index in [9.17, 15) is 9.90 Å². The van der Waals surface area contributed by atoms with Crippen molar-refractivity contribution in [1.29, 1.82) is 0 Å². The highest BCUT2D eigenvalue weighted by atomic mass is 16.3. The van der Waals surface area contributed by atoms with Crippen LogP contribution in [0.2, 0.25) is 0 Å². The largest absolute Gasteiger partial charge is 0.508 e. The highest BCUT2D eigenvalue weighted by Gasteiger charge is 2.41. The van der Waals surface area contributed by atoms with Gasteiger partial charge >= 0.3 is 0 Å². The molecule has 1 amide bonds. The van der Waals surface area contributed by atoms with Crippen LogP contribution in [0.3, 0.4) is 0 Å². The fourth-order valence-electron chi connectivity index (χ4n) is 4.51. The first-order valence-corrected chi connectivity index (χ1v) is 8.76. The van der Waals surface area contributed by atoms with Crippen LogP contribution in [0.1, 0.15) is 40.2 Å². The van der Waals surface area contributed by atoms with Crippen LogP contribution in [-0.2, 0) is 6.42 Å². The number of H-pyrrole nitrogens is 1. The number of phenolic OH excluding ortho intramolecular Hbond substituents is 1. The molecule has 0 radical (unpaired) electrons. The standard InChI is InChI=1S/C20H19N3O2/c24-14-4-5-15-13(8-14)10-19-16(15)2-1-7-23(19)20(25)12-3-6-17-18(9-12)22-11-21-17/h3-6,8-9,11,16,19,24H,1-2,7,10H2,(H,21,22)/t16-,19+/m0/s1. The van der Waals surface area contributed by atoms with Gasteiger partial charge in [0.05, 0.1) is 17.4 Å². The lowest BCUT2D eigenvalue weighted by Gasteiger charge is -2.38. The average Bonchev–Trinajstić information content (AvgIpc) is 3.23. The van der Waals surface area contributed by atoms with E-state index >= 15 is 0 Å². The lowest BCUT2D eigenvalue weighted by Crippen LogP contribution is -2.46. The van der Waals surface area contributed by atoms with E-state index in [1.807, 2.05) is 35.2 Å². The zero-order valence-corrected chi connectivity index (χ0v) is 13.8. The van der Waals surface area contributed by atoms with Gasteiger partial charge in [-0.3, -0.25) is 4.79 Å². The summed E-state index contributed by atoms with van der Waals surface area (Å²) in [5, 5.41) is 9.77. The van der Waals surface area contributed by atoms with Crippen molar-refractivity contribution in [1.82, 2.24) is 14.9 Å². The van der Waals surface area contributed by atoms with Gasteiger partial charge in [-0.15, -0.1) is 0 Å². The lowest BCUT2D eigenvalue weighted by atomic mass is 9.88. The van der Waals surface area contributed by atoms with Gasteiger partial charge in [0.25, 0.3) is 5.91 Å². The fourth-order valence-corrected chi connectivity index (χ4v) is 4.51. The molecule has 1 saturated heterocycles. The van der Waals surface area contributed by atoms with E-state index in [2.05, 4.69) is 9.97 Å². The van der Waals surface area contributed by atoms with Gasteiger partial charge in [0.1, 0.15) is 5.75 Å². The summed E-state index contributed by atoms with van der Waals surface area (Å²) < 4.78 is 0. The highest BCUT2D eigenvalue weighted by Crippen LogP contribution is 2.43. The monoisotopic (exact) mass is 333 g/mol. The summed E-state index contributed by atoms with van der Waals surface area (Å²) in [7, 11) is 0. The van der Waals surface area contributed by atoms with Crippen LogP contribution >= 0.6 is 0 Å². The highest BCUT2D eigenvalue weighted by molar-refractivity contribution is 5.97. The molecule has 2 N–H and O–H groups in total. The number of carbonyl (C=O) groups is 1. The summed E-state index contributed by atoms with van der Waals surface area (Å²) in [6.45, 7) is 0.790. The van der Waals surface area contributed by atoms with Gasteiger partial charge in [0.15, 0.2) is 0 Å². The van der Waals surface area contributed by atoms with Gasteiger partial charge in [0, 0.05) is 24.1 Å². The number of hydrogen-bond acceptors (Lipinski definition) is 3. The number of fused-ring (bicyclic) bond motifs is 4. The van der Waals surface area contributed by atoms with E-state index in [-0.39, 0.29) is 11.9 Å². The van der Waals surface area contributed by atoms with Crippen LogP contribution in [0.25, 0.3) is 11.0 Å². The number of nitrogens with one attached hydrogen (secondary N) is 1. The molecule has 0 bridgehead atoms. The zero-order chi connectivity index (χ0) is 17.0. The number of piperidine rings is 1. The molecule has 2 aliphatic rings. The first kappa shape index (κ1) is 14.5. The number of aromatic hydroxyl groups is 1. The van der Waals surface area contributed by atoms with Crippen molar-refractivity contribution in [3.8, 4) is 5.75 Å². The first-order chi connectivity index (χ1) is 12.2. The van der Waals surface area contributed by atoms with Crippen LogP contribution < -0.4 is 0 Å².